The summed E-state index contributed by atoms with van der Waals surface area (Å²) < 4.78 is 42.0. The van der Waals surface area contributed by atoms with Crippen molar-refractivity contribution in [1.29, 1.82) is 0 Å². The Morgan fingerprint density at radius 1 is 1.09 bits per heavy atom. The van der Waals surface area contributed by atoms with Crippen LogP contribution < -0.4 is 10.6 Å². The molecule has 1 saturated carbocycles. The molecule has 1 aromatic carbocycles. The summed E-state index contributed by atoms with van der Waals surface area (Å²) in [7, 11) is 0. The van der Waals surface area contributed by atoms with E-state index in [9.17, 15) is 27.6 Å². The molecule has 0 aromatic heterocycles. The van der Waals surface area contributed by atoms with Crippen LogP contribution >= 0.6 is 0 Å². The van der Waals surface area contributed by atoms with Crippen LogP contribution in [0.3, 0.4) is 0 Å². The Morgan fingerprint density at radius 3 is 2.45 bits per heavy atom. The number of rotatable bonds is 7. The van der Waals surface area contributed by atoms with E-state index in [4.69, 9.17) is 0 Å². The molecule has 3 fully saturated rings. The lowest BCUT2D eigenvalue weighted by molar-refractivity contribution is -0.218. The molecule has 2 aliphatic heterocycles. The third-order valence-electron chi connectivity index (χ3n) is 7.12. The largest absolute Gasteiger partial charge is 0.404 e. The minimum atomic E-state index is -4.68. The van der Waals surface area contributed by atoms with Crippen LogP contribution in [-0.4, -0.2) is 65.5 Å². The van der Waals surface area contributed by atoms with Gasteiger partial charge in [0.2, 0.25) is 5.91 Å². The normalized spacial score (nSPS) is 25.1. The highest BCUT2D eigenvalue weighted by Gasteiger charge is 2.62. The first-order valence-corrected chi connectivity index (χ1v) is 11.4. The van der Waals surface area contributed by atoms with Gasteiger partial charge in [-0.05, 0) is 37.8 Å². The monoisotopic (exact) mass is 466 g/mol. The summed E-state index contributed by atoms with van der Waals surface area (Å²) in [5.41, 5.74) is -2.38. The van der Waals surface area contributed by atoms with Crippen LogP contribution in [0.2, 0.25) is 0 Å². The van der Waals surface area contributed by atoms with Gasteiger partial charge in [0, 0.05) is 26.2 Å². The van der Waals surface area contributed by atoms with Crippen molar-refractivity contribution in [2.45, 2.75) is 56.8 Å². The molecule has 2 N–H and O–H groups in total. The fourth-order valence-corrected chi connectivity index (χ4v) is 5.22. The lowest BCUT2D eigenvalue weighted by Gasteiger charge is -2.30. The van der Waals surface area contributed by atoms with Crippen LogP contribution in [0.4, 0.5) is 18.0 Å². The summed E-state index contributed by atoms with van der Waals surface area (Å²) in [6.45, 7) is 0.143. The van der Waals surface area contributed by atoms with Gasteiger partial charge in [0.1, 0.15) is 5.54 Å². The Labute approximate surface area is 190 Å². The van der Waals surface area contributed by atoms with E-state index in [0.717, 1.165) is 23.3 Å². The molecule has 1 spiro atoms. The summed E-state index contributed by atoms with van der Waals surface area (Å²) in [6, 6.07) is 8.73. The number of alkyl halides is 3. The van der Waals surface area contributed by atoms with E-state index < -0.39 is 35.6 Å². The summed E-state index contributed by atoms with van der Waals surface area (Å²) in [5, 5.41) is 5.19. The zero-order valence-electron chi connectivity index (χ0n) is 18.4. The molecular weight excluding hydrogens is 437 g/mol. The first-order valence-electron chi connectivity index (χ1n) is 11.4. The van der Waals surface area contributed by atoms with E-state index in [-0.39, 0.29) is 38.4 Å². The van der Waals surface area contributed by atoms with E-state index >= 15 is 0 Å². The number of amides is 4. The number of carbonyl (C=O) groups is 3. The van der Waals surface area contributed by atoms with Crippen LogP contribution in [0, 0.1) is 5.41 Å². The molecule has 33 heavy (non-hydrogen) atoms. The molecule has 1 aromatic rings. The SMILES string of the molecule is O=C1NC2(CCCC2)C(=O)N1CCCNC(=O)[C@@]1(C(F)(F)F)CCN(Cc2ccccc2)C1. The molecule has 0 unspecified atom stereocenters. The first kappa shape index (κ1) is 23.5. The third kappa shape index (κ3) is 4.45. The summed E-state index contributed by atoms with van der Waals surface area (Å²) >= 11 is 0. The summed E-state index contributed by atoms with van der Waals surface area (Å²) in [5.74, 6) is -1.31. The van der Waals surface area contributed by atoms with Crippen LogP contribution in [0.15, 0.2) is 30.3 Å². The smallest absolute Gasteiger partial charge is 0.355 e. The second-order valence-corrected chi connectivity index (χ2v) is 9.31. The lowest BCUT2D eigenvalue weighted by atomic mass is 9.85. The molecular formula is C23H29F3N4O3. The number of urea groups is 1. The van der Waals surface area contributed by atoms with Gasteiger partial charge >= 0.3 is 12.2 Å². The lowest BCUT2D eigenvalue weighted by Crippen LogP contribution is -2.52. The van der Waals surface area contributed by atoms with Gasteiger partial charge in [0.05, 0.1) is 0 Å². The number of likely N-dealkylation sites (tertiary alicyclic amines) is 1. The highest BCUT2D eigenvalue weighted by Crippen LogP contribution is 2.46. The second kappa shape index (κ2) is 8.96. The van der Waals surface area contributed by atoms with Crippen LogP contribution in [0.1, 0.15) is 44.1 Å². The molecule has 0 bridgehead atoms. The number of carbonyl (C=O) groups excluding carboxylic acids is 3. The zero-order chi connectivity index (χ0) is 23.7. The molecule has 1 aliphatic carbocycles. The van der Waals surface area contributed by atoms with Gasteiger partial charge in [0.25, 0.3) is 5.91 Å². The van der Waals surface area contributed by atoms with Gasteiger partial charge in [-0.2, -0.15) is 13.2 Å². The molecule has 10 heteroatoms. The number of imide groups is 1. The van der Waals surface area contributed by atoms with Crippen LogP contribution in [-0.2, 0) is 16.1 Å². The van der Waals surface area contributed by atoms with Crippen molar-refractivity contribution in [2.24, 2.45) is 5.41 Å². The van der Waals surface area contributed by atoms with Crippen LogP contribution in [0.25, 0.3) is 0 Å². The minimum Gasteiger partial charge on any atom is -0.355 e. The quantitative estimate of drug-likeness (QED) is 0.478. The van der Waals surface area contributed by atoms with Crippen molar-refractivity contribution < 1.29 is 27.6 Å². The minimum absolute atomic E-state index is 0.0423. The number of hydrogen-bond acceptors (Lipinski definition) is 4. The van der Waals surface area contributed by atoms with Crippen molar-refractivity contribution in [2.75, 3.05) is 26.2 Å². The van der Waals surface area contributed by atoms with Crippen LogP contribution in [0.5, 0.6) is 0 Å². The number of nitrogens with zero attached hydrogens (tertiary/aromatic N) is 2. The molecule has 2 saturated heterocycles. The maximum atomic E-state index is 14.0. The second-order valence-electron chi connectivity index (χ2n) is 9.31. The molecule has 7 nitrogen and oxygen atoms in total. The van der Waals surface area contributed by atoms with Crippen molar-refractivity contribution >= 4 is 17.8 Å². The Kier molecular flexibility index (Phi) is 6.39. The zero-order valence-corrected chi connectivity index (χ0v) is 18.4. The maximum Gasteiger partial charge on any atom is 0.404 e. The fourth-order valence-electron chi connectivity index (χ4n) is 5.22. The van der Waals surface area contributed by atoms with E-state index in [1.165, 1.54) is 0 Å². The maximum absolute atomic E-state index is 14.0. The van der Waals surface area contributed by atoms with Gasteiger partial charge in [-0.1, -0.05) is 43.2 Å². The predicted octanol–water partition coefficient (Wildman–Crippen LogP) is 2.81. The third-order valence-corrected chi connectivity index (χ3v) is 7.12. The Bertz CT molecular complexity index is 902. The molecule has 180 valence electrons. The number of hydrogen-bond donors (Lipinski definition) is 2. The van der Waals surface area contributed by atoms with E-state index in [0.29, 0.717) is 19.4 Å². The van der Waals surface area contributed by atoms with Gasteiger partial charge in [-0.15, -0.1) is 0 Å². The molecule has 3 aliphatic rings. The summed E-state index contributed by atoms with van der Waals surface area (Å²) in [6.07, 6.45) is -1.82. The highest BCUT2D eigenvalue weighted by molar-refractivity contribution is 6.07. The van der Waals surface area contributed by atoms with Crippen molar-refractivity contribution in [3.63, 3.8) is 0 Å². The molecule has 4 amide bonds. The topological polar surface area (TPSA) is 81.8 Å². The van der Waals surface area contributed by atoms with Gasteiger partial charge in [-0.3, -0.25) is 19.4 Å². The Morgan fingerprint density at radius 2 is 1.79 bits per heavy atom. The van der Waals surface area contributed by atoms with Gasteiger partial charge in [0.15, 0.2) is 5.41 Å². The van der Waals surface area contributed by atoms with Gasteiger partial charge < -0.3 is 10.6 Å². The van der Waals surface area contributed by atoms with E-state index in [2.05, 4.69) is 10.6 Å². The number of nitrogens with one attached hydrogen (secondary N) is 2. The highest BCUT2D eigenvalue weighted by atomic mass is 19.4. The van der Waals surface area contributed by atoms with E-state index in [1.54, 1.807) is 4.90 Å². The molecule has 4 rings (SSSR count). The van der Waals surface area contributed by atoms with E-state index in [1.807, 2.05) is 30.3 Å². The number of benzene rings is 1. The molecule has 0 radical (unpaired) electrons. The standard InChI is InChI=1S/C23H29F3N4O3/c24-23(25,26)21(11-14-29(16-21)15-17-7-2-1-3-8-17)18(31)27-12-6-13-30-19(32)22(28-20(30)33)9-4-5-10-22/h1-3,7-8H,4-6,9-16H2,(H,27,31)(H,28,33)/t21-/m1/s1. The summed E-state index contributed by atoms with van der Waals surface area (Å²) in [4.78, 5) is 40.3. The average molecular weight is 467 g/mol. The van der Waals surface area contributed by atoms with Crippen molar-refractivity contribution in [3.8, 4) is 0 Å². The first-order chi connectivity index (χ1) is 15.7. The Balaban J connectivity index is 1.31. The van der Waals surface area contributed by atoms with Crippen molar-refractivity contribution in [1.82, 2.24) is 20.4 Å². The predicted molar refractivity (Wildman–Crippen MR) is 114 cm³/mol. The molecule has 2 heterocycles. The number of halogens is 3. The fraction of sp³-hybridized carbons (Fsp3) is 0.609. The Hall–Kier alpha value is -2.62. The van der Waals surface area contributed by atoms with Gasteiger partial charge in [-0.25, -0.2) is 4.79 Å². The average Bonchev–Trinajstić information content (AvgIpc) is 3.47. The molecule has 1 atom stereocenters. The van der Waals surface area contributed by atoms with Crippen molar-refractivity contribution in [3.05, 3.63) is 35.9 Å².